The van der Waals surface area contributed by atoms with Crippen molar-refractivity contribution in [2.75, 3.05) is 18.0 Å². The molecule has 1 aliphatic rings. The van der Waals surface area contributed by atoms with E-state index in [0.29, 0.717) is 35.8 Å². The van der Waals surface area contributed by atoms with Crippen molar-refractivity contribution in [1.82, 2.24) is 0 Å². The summed E-state index contributed by atoms with van der Waals surface area (Å²) in [5, 5.41) is 31.5. The fourth-order valence-electron chi connectivity index (χ4n) is 2.42. The maximum Gasteiger partial charge on any atom is 0.304 e. The molecule has 0 amide bonds. The molecule has 2 atom stereocenters. The Morgan fingerprint density at radius 1 is 1.50 bits per heavy atom. The van der Waals surface area contributed by atoms with E-state index in [9.17, 15) is 20.3 Å². The summed E-state index contributed by atoms with van der Waals surface area (Å²) < 4.78 is 0. The summed E-state index contributed by atoms with van der Waals surface area (Å²) in [6, 6.07) is 1.45. The first-order valence-electron chi connectivity index (χ1n) is 6.74. The van der Waals surface area contributed by atoms with Crippen LogP contribution in [0.4, 0.5) is 10.7 Å². The third-order valence-electron chi connectivity index (χ3n) is 3.67. The maximum atomic E-state index is 11.2. The van der Waals surface area contributed by atoms with Gasteiger partial charge in [0.05, 0.1) is 16.6 Å². The molecule has 7 heteroatoms. The number of rotatable bonds is 3. The van der Waals surface area contributed by atoms with E-state index >= 15 is 0 Å². The van der Waals surface area contributed by atoms with Crippen molar-refractivity contribution in [1.29, 1.82) is 0 Å². The predicted molar refractivity (Wildman–Crippen MR) is 78.3 cm³/mol. The molecule has 112 valence electrons. The molecular weight excluding hydrogens is 280 g/mol. The zero-order chi connectivity index (χ0) is 14.9. The highest BCUT2D eigenvalue weighted by molar-refractivity contribution is 7.16. The molecule has 2 unspecified atom stereocenters. The van der Waals surface area contributed by atoms with Gasteiger partial charge in [0.2, 0.25) is 0 Å². The van der Waals surface area contributed by atoms with Crippen molar-refractivity contribution in [2.45, 2.75) is 44.8 Å². The van der Waals surface area contributed by atoms with Crippen LogP contribution in [0.25, 0.3) is 0 Å². The molecule has 2 rings (SSSR count). The van der Waals surface area contributed by atoms with Gasteiger partial charge in [0.1, 0.15) is 0 Å². The zero-order valence-corrected chi connectivity index (χ0v) is 12.5. The molecule has 1 fully saturated rings. The Morgan fingerprint density at radius 2 is 2.20 bits per heavy atom. The number of aliphatic hydroxyl groups excluding tert-OH is 1. The van der Waals surface area contributed by atoms with Gasteiger partial charge < -0.3 is 15.1 Å². The summed E-state index contributed by atoms with van der Waals surface area (Å²) in [6.07, 6.45) is 1.38. The van der Waals surface area contributed by atoms with Gasteiger partial charge >= 0.3 is 5.69 Å². The Hall–Kier alpha value is -1.18. The summed E-state index contributed by atoms with van der Waals surface area (Å²) in [6.45, 7) is 4.69. The monoisotopic (exact) mass is 300 g/mol. The van der Waals surface area contributed by atoms with Crippen LogP contribution < -0.4 is 4.90 Å². The van der Waals surface area contributed by atoms with E-state index in [4.69, 9.17) is 0 Å². The lowest BCUT2D eigenvalue weighted by Crippen LogP contribution is -2.28. The van der Waals surface area contributed by atoms with Gasteiger partial charge in [-0.05, 0) is 33.1 Å². The van der Waals surface area contributed by atoms with Gasteiger partial charge in [0.25, 0.3) is 0 Å². The van der Waals surface area contributed by atoms with Crippen LogP contribution in [0.1, 0.15) is 44.1 Å². The van der Waals surface area contributed by atoms with Gasteiger partial charge in [-0.2, -0.15) is 0 Å². The minimum absolute atomic E-state index is 0.0486. The van der Waals surface area contributed by atoms with Crippen molar-refractivity contribution < 1.29 is 15.1 Å². The molecule has 2 N–H and O–H groups in total. The van der Waals surface area contributed by atoms with E-state index in [-0.39, 0.29) is 5.69 Å². The molecule has 0 spiro atoms. The van der Waals surface area contributed by atoms with Crippen molar-refractivity contribution in [3.63, 3.8) is 0 Å². The number of thiophene rings is 1. The normalized spacial score (nSPS) is 25.3. The molecule has 6 nitrogen and oxygen atoms in total. The van der Waals surface area contributed by atoms with Gasteiger partial charge in [-0.1, -0.05) is 0 Å². The fraction of sp³-hybridized carbons (Fsp3) is 0.692. The summed E-state index contributed by atoms with van der Waals surface area (Å²) >= 11 is 1.26. The van der Waals surface area contributed by atoms with E-state index in [2.05, 4.69) is 0 Å². The SMILES string of the molecule is CC(O)c1cc([N+](=O)[O-])c(N2CCCC(C)(O)CC2)s1. The van der Waals surface area contributed by atoms with E-state index < -0.39 is 16.6 Å². The first-order valence-corrected chi connectivity index (χ1v) is 7.55. The Labute approximate surface area is 121 Å². The number of hydrogen-bond donors (Lipinski definition) is 2. The molecular formula is C13H20N2O4S. The summed E-state index contributed by atoms with van der Waals surface area (Å²) in [7, 11) is 0. The Bertz CT molecular complexity index is 499. The first-order chi connectivity index (χ1) is 9.30. The minimum atomic E-state index is -0.706. The Morgan fingerprint density at radius 3 is 2.80 bits per heavy atom. The van der Waals surface area contributed by atoms with Crippen LogP contribution in [-0.4, -0.2) is 33.8 Å². The average molecular weight is 300 g/mol. The number of nitro groups is 1. The molecule has 1 saturated heterocycles. The summed E-state index contributed by atoms with van der Waals surface area (Å²) in [5.74, 6) is 0. The van der Waals surface area contributed by atoms with Crippen LogP contribution >= 0.6 is 11.3 Å². The molecule has 0 bridgehead atoms. The van der Waals surface area contributed by atoms with Crippen molar-refractivity contribution in [3.05, 3.63) is 21.1 Å². The molecule has 0 radical (unpaired) electrons. The average Bonchev–Trinajstić information content (AvgIpc) is 2.71. The molecule has 2 heterocycles. The van der Waals surface area contributed by atoms with Crippen LogP contribution in [0.2, 0.25) is 0 Å². The van der Waals surface area contributed by atoms with Crippen LogP contribution in [0.5, 0.6) is 0 Å². The summed E-state index contributed by atoms with van der Waals surface area (Å²) in [5.41, 5.74) is -0.652. The standard InChI is InChI=1S/C13H20N2O4S/c1-9(16)11-8-10(15(18)19)12(20-11)14-6-3-4-13(2,17)5-7-14/h8-9,16-17H,3-7H2,1-2H3. The lowest BCUT2D eigenvalue weighted by Gasteiger charge is -2.22. The number of hydrogen-bond acceptors (Lipinski definition) is 6. The number of anilines is 1. The molecule has 0 aromatic carbocycles. The Balaban J connectivity index is 2.29. The summed E-state index contributed by atoms with van der Waals surface area (Å²) in [4.78, 5) is 13.3. The molecule has 1 aromatic rings. The predicted octanol–water partition coefficient (Wildman–Crippen LogP) is 2.45. The third-order valence-corrected chi connectivity index (χ3v) is 5.03. The Kier molecular flexibility index (Phi) is 4.31. The second-order valence-corrected chi connectivity index (χ2v) is 6.67. The fourth-order valence-corrected chi connectivity index (χ4v) is 3.53. The lowest BCUT2D eigenvalue weighted by atomic mass is 9.98. The van der Waals surface area contributed by atoms with E-state index in [1.54, 1.807) is 13.8 Å². The van der Waals surface area contributed by atoms with Crippen LogP contribution in [0.15, 0.2) is 6.07 Å². The third kappa shape index (κ3) is 3.28. The molecule has 20 heavy (non-hydrogen) atoms. The van der Waals surface area contributed by atoms with Gasteiger partial charge in [0, 0.05) is 24.0 Å². The maximum absolute atomic E-state index is 11.2. The van der Waals surface area contributed by atoms with Crippen molar-refractivity contribution >= 4 is 22.0 Å². The van der Waals surface area contributed by atoms with Crippen LogP contribution in [0, 0.1) is 10.1 Å². The number of nitrogens with zero attached hydrogens (tertiary/aromatic N) is 2. The van der Waals surface area contributed by atoms with Gasteiger partial charge in [-0.15, -0.1) is 11.3 Å². The smallest absolute Gasteiger partial charge is 0.304 e. The van der Waals surface area contributed by atoms with E-state index in [1.807, 2.05) is 4.90 Å². The van der Waals surface area contributed by atoms with Gasteiger partial charge in [0.15, 0.2) is 5.00 Å². The quantitative estimate of drug-likeness (QED) is 0.661. The topological polar surface area (TPSA) is 86.8 Å². The zero-order valence-electron chi connectivity index (χ0n) is 11.7. The molecule has 1 aromatic heterocycles. The largest absolute Gasteiger partial charge is 0.390 e. The van der Waals surface area contributed by atoms with E-state index in [1.165, 1.54) is 17.4 Å². The minimum Gasteiger partial charge on any atom is -0.390 e. The van der Waals surface area contributed by atoms with Crippen LogP contribution in [-0.2, 0) is 0 Å². The lowest BCUT2D eigenvalue weighted by molar-refractivity contribution is -0.383. The van der Waals surface area contributed by atoms with Crippen molar-refractivity contribution in [3.8, 4) is 0 Å². The van der Waals surface area contributed by atoms with E-state index in [0.717, 1.165) is 6.42 Å². The highest BCUT2D eigenvalue weighted by Gasteiger charge is 2.30. The van der Waals surface area contributed by atoms with Gasteiger partial charge in [-0.25, -0.2) is 0 Å². The molecule has 0 saturated carbocycles. The molecule has 1 aliphatic heterocycles. The van der Waals surface area contributed by atoms with Crippen molar-refractivity contribution in [2.24, 2.45) is 0 Å². The van der Waals surface area contributed by atoms with Gasteiger partial charge in [-0.3, -0.25) is 10.1 Å². The second kappa shape index (κ2) is 5.67. The number of aliphatic hydroxyl groups is 2. The second-order valence-electron chi connectivity index (χ2n) is 5.61. The highest BCUT2D eigenvalue weighted by Crippen LogP contribution is 2.41. The highest BCUT2D eigenvalue weighted by atomic mass is 32.1. The first kappa shape index (κ1) is 15.2. The van der Waals surface area contributed by atoms with Crippen LogP contribution in [0.3, 0.4) is 0 Å². The molecule has 0 aliphatic carbocycles.